The van der Waals surface area contributed by atoms with Crippen LogP contribution in [0.4, 0.5) is 13.2 Å². The Morgan fingerprint density at radius 1 is 1.36 bits per heavy atom. The summed E-state index contributed by atoms with van der Waals surface area (Å²) < 4.78 is 43.3. The Balaban J connectivity index is 2.76. The van der Waals surface area contributed by atoms with Gasteiger partial charge in [0, 0.05) is 0 Å². The summed E-state index contributed by atoms with van der Waals surface area (Å²) in [5.74, 6) is -1.24. The molecule has 0 unspecified atom stereocenters. The Hall–Kier alpha value is -2.23. The fourth-order valence-electron chi connectivity index (χ4n) is 1.60. The normalized spacial score (nSPS) is 14.1. The largest absolute Gasteiger partial charge is 0.483 e. The van der Waals surface area contributed by atoms with Crippen molar-refractivity contribution in [3.63, 3.8) is 0 Å². The van der Waals surface area contributed by atoms with Gasteiger partial charge in [0.2, 0.25) is 0 Å². The number of hydrogen-bond acceptors (Lipinski definition) is 3. The highest BCUT2D eigenvalue weighted by Gasteiger charge is 2.34. The SMILES string of the molecule is CC(C)[C@@](C)(C#N)NC(=O)COc1ccccc1C(F)(F)F. The number of nitrogens with zero attached hydrogens (tertiary/aromatic N) is 1. The van der Waals surface area contributed by atoms with Crippen LogP contribution >= 0.6 is 0 Å². The van der Waals surface area contributed by atoms with Crippen molar-refractivity contribution >= 4 is 5.91 Å². The predicted molar refractivity (Wildman–Crippen MR) is 73.9 cm³/mol. The van der Waals surface area contributed by atoms with Crippen molar-refractivity contribution in [2.75, 3.05) is 6.61 Å². The van der Waals surface area contributed by atoms with Crippen LogP contribution in [0.2, 0.25) is 0 Å². The van der Waals surface area contributed by atoms with Crippen molar-refractivity contribution in [2.24, 2.45) is 5.92 Å². The zero-order chi connectivity index (χ0) is 17.0. The highest BCUT2D eigenvalue weighted by Crippen LogP contribution is 2.35. The average Bonchev–Trinajstić information content (AvgIpc) is 2.44. The molecule has 0 aliphatic heterocycles. The molecule has 0 fully saturated rings. The molecule has 7 heteroatoms. The Kier molecular flexibility index (Phi) is 5.42. The number of benzene rings is 1. The average molecular weight is 314 g/mol. The number of halogens is 3. The van der Waals surface area contributed by atoms with Crippen molar-refractivity contribution in [1.82, 2.24) is 5.32 Å². The molecule has 0 aromatic heterocycles. The Bertz CT molecular complexity index is 579. The van der Waals surface area contributed by atoms with E-state index in [0.29, 0.717) is 0 Å². The van der Waals surface area contributed by atoms with Crippen LogP contribution in [-0.2, 0) is 11.0 Å². The third-order valence-corrected chi connectivity index (χ3v) is 3.34. The van der Waals surface area contributed by atoms with Crippen molar-refractivity contribution in [1.29, 1.82) is 5.26 Å². The summed E-state index contributed by atoms with van der Waals surface area (Å²) in [6, 6.07) is 6.61. The summed E-state index contributed by atoms with van der Waals surface area (Å²) in [5, 5.41) is 11.6. The maximum atomic E-state index is 12.8. The van der Waals surface area contributed by atoms with Gasteiger partial charge in [0.15, 0.2) is 6.61 Å². The number of alkyl halides is 3. The second kappa shape index (κ2) is 6.69. The van der Waals surface area contributed by atoms with E-state index < -0.39 is 35.5 Å². The maximum Gasteiger partial charge on any atom is 0.419 e. The number of para-hydroxylation sites is 1. The van der Waals surface area contributed by atoms with Crippen LogP contribution in [0.1, 0.15) is 26.3 Å². The number of carbonyl (C=O) groups is 1. The van der Waals surface area contributed by atoms with E-state index in [9.17, 15) is 18.0 Å². The van der Waals surface area contributed by atoms with Gasteiger partial charge in [-0.15, -0.1) is 0 Å². The lowest BCUT2D eigenvalue weighted by molar-refractivity contribution is -0.139. The van der Waals surface area contributed by atoms with E-state index in [1.807, 2.05) is 6.07 Å². The molecule has 0 heterocycles. The zero-order valence-corrected chi connectivity index (χ0v) is 12.5. The quantitative estimate of drug-likeness (QED) is 0.908. The van der Waals surface area contributed by atoms with E-state index in [1.54, 1.807) is 20.8 Å². The first-order chi connectivity index (χ1) is 10.1. The minimum Gasteiger partial charge on any atom is -0.483 e. The zero-order valence-electron chi connectivity index (χ0n) is 12.5. The van der Waals surface area contributed by atoms with E-state index in [1.165, 1.54) is 12.1 Å². The molecule has 0 bridgehead atoms. The summed E-state index contributed by atoms with van der Waals surface area (Å²) in [4.78, 5) is 11.8. The molecule has 1 N–H and O–H groups in total. The Morgan fingerprint density at radius 3 is 2.45 bits per heavy atom. The number of nitrogens with one attached hydrogen (secondary N) is 1. The molecule has 22 heavy (non-hydrogen) atoms. The summed E-state index contributed by atoms with van der Waals surface area (Å²) >= 11 is 0. The van der Waals surface area contributed by atoms with Crippen LogP contribution in [0.5, 0.6) is 5.75 Å². The van der Waals surface area contributed by atoms with E-state index in [4.69, 9.17) is 10.00 Å². The molecule has 0 aliphatic rings. The second-order valence-corrected chi connectivity index (χ2v) is 5.30. The molecule has 0 aliphatic carbocycles. The minimum atomic E-state index is -4.56. The van der Waals surface area contributed by atoms with Crippen LogP contribution in [0, 0.1) is 17.2 Å². The molecule has 1 rings (SSSR count). The lowest BCUT2D eigenvalue weighted by Gasteiger charge is -2.27. The van der Waals surface area contributed by atoms with Gasteiger partial charge in [-0.05, 0) is 25.0 Å². The monoisotopic (exact) mass is 314 g/mol. The second-order valence-electron chi connectivity index (χ2n) is 5.30. The number of rotatable bonds is 5. The van der Waals surface area contributed by atoms with Gasteiger partial charge in [0.25, 0.3) is 5.91 Å². The van der Waals surface area contributed by atoms with E-state index in [2.05, 4.69) is 5.32 Å². The molecule has 0 spiro atoms. The molecule has 1 amide bonds. The van der Waals surface area contributed by atoms with Gasteiger partial charge in [-0.3, -0.25) is 4.79 Å². The van der Waals surface area contributed by atoms with Gasteiger partial charge < -0.3 is 10.1 Å². The number of nitriles is 1. The molecule has 0 saturated heterocycles. The van der Waals surface area contributed by atoms with Gasteiger partial charge in [0.05, 0.1) is 11.6 Å². The van der Waals surface area contributed by atoms with Crippen molar-refractivity contribution in [3.05, 3.63) is 29.8 Å². The van der Waals surface area contributed by atoms with Gasteiger partial charge >= 0.3 is 6.18 Å². The molecule has 1 aromatic carbocycles. The fraction of sp³-hybridized carbons (Fsp3) is 0.467. The Labute approximate surface area is 126 Å². The smallest absolute Gasteiger partial charge is 0.419 e. The molecule has 120 valence electrons. The topological polar surface area (TPSA) is 62.1 Å². The van der Waals surface area contributed by atoms with Crippen molar-refractivity contribution in [3.8, 4) is 11.8 Å². The van der Waals surface area contributed by atoms with Crippen molar-refractivity contribution in [2.45, 2.75) is 32.5 Å². The summed E-state index contributed by atoms with van der Waals surface area (Å²) in [6.45, 7) is 4.45. The van der Waals surface area contributed by atoms with Crippen LogP contribution in [0.3, 0.4) is 0 Å². The fourth-order valence-corrected chi connectivity index (χ4v) is 1.60. The lowest BCUT2D eigenvalue weighted by atomic mass is 9.90. The first-order valence-electron chi connectivity index (χ1n) is 6.61. The molecule has 4 nitrogen and oxygen atoms in total. The third-order valence-electron chi connectivity index (χ3n) is 3.34. The third kappa shape index (κ3) is 4.38. The number of amides is 1. The standard InChI is InChI=1S/C15H17F3N2O2/c1-10(2)14(3,9-19)20-13(21)8-22-12-7-5-4-6-11(12)15(16,17)18/h4-7,10H,8H2,1-3H3,(H,20,21)/t14-/m1/s1. The number of ether oxygens (including phenoxy) is 1. The van der Waals surface area contributed by atoms with Crippen LogP contribution in [-0.4, -0.2) is 18.1 Å². The van der Waals surface area contributed by atoms with Gasteiger partial charge in [-0.1, -0.05) is 26.0 Å². The molecule has 0 saturated carbocycles. The van der Waals surface area contributed by atoms with Crippen LogP contribution in [0.15, 0.2) is 24.3 Å². The summed E-state index contributed by atoms with van der Waals surface area (Å²) in [5.41, 5.74) is -2.06. The predicted octanol–water partition coefficient (Wildman–Crippen LogP) is 3.14. The van der Waals surface area contributed by atoms with Gasteiger partial charge in [-0.25, -0.2) is 0 Å². The van der Waals surface area contributed by atoms with Crippen LogP contribution < -0.4 is 10.1 Å². The first kappa shape index (κ1) is 17.8. The summed E-state index contributed by atoms with van der Waals surface area (Å²) in [7, 11) is 0. The van der Waals surface area contributed by atoms with E-state index >= 15 is 0 Å². The van der Waals surface area contributed by atoms with E-state index in [-0.39, 0.29) is 5.92 Å². The molecular weight excluding hydrogens is 297 g/mol. The Morgan fingerprint density at radius 2 is 1.95 bits per heavy atom. The summed E-state index contributed by atoms with van der Waals surface area (Å²) in [6.07, 6.45) is -4.56. The highest BCUT2D eigenvalue weighted by molar-refractivity contribution is 5.78. The van der Waals surface area contributed by atoms with E-state index in [0.717, 1.165) is 12.1 Å². The lowest BCUT2D eigenvalue weighted by Crippen LogP contribution is -2.50. The minimum absolute atomic E-state index is 0.163. The number of carbonyl (C=O) groups excluding carboxylic acids is 1. The van der Waals surface area contributed by atoms with Crippen LogP contribution in [0.25, 0.3) is 0 Å². The van der Waals surface area contributed by atoms with Gasteiger partial charge in [-0.2, -0.15) is 18.4 Å². The molecular formula is C15H17F3N2O2. The number of hydrogen-bond donors (Lipinski definition) is 1. The molecule has 1 aromatic rings. The molecule has 1 atom stereocenters. The maximum absolute atomic E-state index is 12.8. The first-order valence-corrected chi connectivity index (χ1v) is 6.61. The van der Waals surface area contributed by atoms with Gasteiger partial charge in [0.1, 0.15) is 11.3 Å². The molecule has 0 radical (unpaired) electrons. The highest BCUT2D eigenvalue weighted by atomic mass is 19.4. The van der Waals surface area contributed by atoms with Crippen molar-refractivity contribution < 1.29 is 22.7 Å².